The largest absolute Gasteiger partial charge is 0.466 e. The van der Waals surface area contributed by atoms with E-state index in [-0.39, 0.29) is 11.9 Å². The van der Waals surface area contributed by atoms with E-state index < -0.39 is 0 Å². The number of hydrogen-bond acceptors (Lipinski definition) is 3. The second kappa shape index (κ2) is 8.20. The van der Waals surface area contributed by atoms with E-state index in [1.807, 2.05) is 24.3 Å². The molecule has 0 saturated heterocycles. The number of carbonyl (C=O) groups excluding carboxylic acids is 1. The van der Waals surface area contributed by atoms with Gasteiger partial charge in [0.2, 0.25) is 0 Å². The average molecular weight is 338 g/mol. The Balaban J connectivity index is 1.89. The van der Waals surface area contributed by atoms with Crippen LogP contribution in [0, 0.1) is 0 Å². The van der Waals surface area contributed by atoms with Crippen LogP contribution < -0.4 is 0 Å². The number of thioether (sulfide) groups is 1. The predicted octanol–water partition coefficient (Wildman–Crippen LogP) is 5.31. The fraction of sp³-hybridized carbons (Fsp3) is 0.286. The fourth-order valence-electron chi connectivity index (χ4n) is 3.22. The highest BCUT2D eigenvalue weighted by Crippen LogP contribution is 2.43. The minimum atomic E-state index is -0.181. The molecular formula is C21H22O2S. The minimum absolute atomic E-state index is 0.144. The highest BCUT2D eigenvalue weighted by molar-refractivity contribution is 8.02. The van der Waals surface area contributed by atoms with Crippen molar-refractivity contribution in [2.75, 3.05) is 7.11 Å². The second-order valence-corrected chi connectivity index (χ2v) is 7.03. The first-order valence-electron chi connectivity index (χ1n) is 8.32. The van der Waals surface area contributed by atoms with Crippen molar-refractivity contribution in [3.8, 4) is 0 Å². The molecule has 1 atom stereocenters. The number of carbonyl (C=O) groups is 1. The monoisotopic (exact) mass is 338 g/mol. The van der Waals surface area contributed by atoms with Gasteiger partial charge < -0.3 is 4.74 Å². The van der Waals surface area contributed by atoms with Gasteiger partial charge in [-0.3, -0.25) is 0 Å². The zero-order valence-electron chi connectivity index (χ0n) is 13.9. The summed E-state index contributed by atoms with van der Waals surface area (Å²) in [6.07, 6.45) is 3.08. The summed E-state index contributed by atoms with van der Waals surface area (Å²) in [5, 5.41) is 0. The summed E-state index contributed by atoms with van der Waals surface area (Å²) in [5.41, 5.74) is 3.34. The highest BCUT2D eigenvalue weighted by atomic mass is 32.2. The lowest BCUT2D eigenvalue weighted by molar-refractivity contribution is -0.136. The van der Waals surface area contributed by atoms with Crippen LogP contribution in [0.15, 0.2) is 71.1 Å². The number of hydrogen-bond donors (Lipinski definition) is 0. The molecular weight excluding hydrogens is 316 g/mol. The standard InChI is InChI=1S/C21H22O2S/c1-23-21(22)20-18(17-11-6-3-7-12-17)13-8-14-19(20)24-15-16-9-4-2-5-10-16/h2-7,9-12,18H,8,13-15H2,1H3. The third-order valence-corrected chi connectivity index (χ3v) is 5.66. The molecule has 0 amide bonds. The molecule has 0 spiro atoms. The molecule has 0 fully saturated rings. The molecule has 3 heteroatoms. The van der Waals surface area contributed by atoms with E-state index in [9.17, 15) is 4.79 Å². The Morgan fingerprint density at radius 3 is 2.42 bits per heavy atom. The molecule has 0 radical (unpaired) electrons. The molecule has 0 N–H and O–H groups in total. The molecule has 124 valence electrons. The van der Waals surface area contributed by atoms with Crippen LogP contribution in [0.2, 0.25) is 0 Å². The topological polar surface area (TPSA) is 26.3 Å². The maximum absolute atomic E-state index is 12.5. The van der Waals surface area contributed by atoms with Crippen molar-refractivity contribution in [3.63, 3.8) is 0 Å². The molecule has 0 aliphatic heterocycles. The Bertz CT molecular complexity index is 707. The number of ether oxygens (including phenoxy) is 1. The van der Waals surface area contributed by atoms with E-state index in [1.54, 1.807) is 11.8 Å². The van der Waals surface area contributed by atoms with Crippen molar-refractivity contribution in [2.45, 2.75) is 30.9 Å². The molecule has 1 unspecified atom stereocenters. The zero-order chi connectivity index (χ0) is 16.8. The smallest absolute Gasteiger partial charge is 0.335 e. The number of methoxy groups -OCH3 is 1. The van der Waals surface area contributed by atoms with Crippen LogP contribution in [0.1, 0.15) is 36.3 Å². The number of benzene rings is 2. The maximum atomic E-state index is 12.5. The highest BCUT2D eigenvalue weighted by Gasteiger charge is 2.30. The van der Waals surface area contributed by atoms with E-state index in [0.717, 1.165) is 30.6 Å². The summed E-state index contributed by atoms with van der Waals surface area (Å²) in [6, 6.07) is 20.7. The van der Waals surface area contributed by atoms with Gasteiger partial charge in [0.25, 0.3) is 0 Å². The number of esters is 1. The van der Waals surface area contributed by atoms with E-state index in [4.69, 9.17) is 4.74 Å². The Kier molecular flexibility index (Phi) is 5.76. The molecule has 0 heterocycles. The maximum Gasteiger partial charge on any atom is 0.335 e. The SMILES string of the molecule is COC(=O)C1=C(SCc2ccccc2)CCCC1c1ccccc1. The number of allylic oxidation sites excluding steroid dienone is 1. The Labute approximate surface area is 147 Å². The second-order valence-electron chi connectivity index (χ2n) is 5.96. The Hall–Kier alpha value is -2.00. The Morgan fingerprint density at radius 2 is 1.75 bits per heavy atom. The normalized spacial score (nSPS) is 17.6. The van der Waals surface area contributed by atoms with E-state index >= 15 is 0 Å². The summed E-state index contributed by atoms with van der Waals surface area (Å²) in [7, 11) is 1.48. The summed E-state index contributed by atoms with van der Waals surface area (Å²) < 4.78 is 5.11. The third-order valence-electron chi connectivity index (χ3n) is 4.41. The molecule has 0 bridgehead atoms. The first-order valence-corrected chi connectivity index (χ1v) is 9.31. The third kappa shape index (κ3) is 3.90. The number of rotatable bonds is 5. The van der Waals surface area contributed by atoms with Crippen LogP contribution in [0.5, 0.6) is 0 Å². The fourth-order valence-corrected chi connectivity index (χ4v) is 4.42. The minimum Gasteiger partial charge on any atom is -0.466 e. The van der Waals surface area contributed by atoms with Crippen LogP contribution in [-0.4, -0.2) is 13.1 Å². The summed E-state index contributed by atoms with van der Waals surface area (Å²) >= 11 is 1.78. The zero-order valence-corrected chi connectivity index (χ0v) is 14.7. The molecule has 2 nitrogen and oxygen atoms in total. The van der Waals surface area contributed by atoms with Gasteiger partial charge in [-0.15, -0.1) is 11.8 Å². The molecule has 2 aromatic carbocycles. The predicted molar refractivity (Wildman–Crippen MR) is 99.8 cm³/mol. The van der Waals surface area contributed by atoms with Crippen molar-refractivity contribution in [2.24, 2.45) is 0 Å². The lowest BCUT2D eigenvalue weighted by Gasteiger charge is -2.27. The molecule has 24 heavy (non-hydrogen) atoms. The van der Waals surface area contributed by atoms with Crippen molar-refractivity contribution in [3.05, 3.63) is 82.3 Å². The Morgan fingerprint density at radius 1 is 1.08 bits per heavy atom. The van der Waals surface area contributed by atoms with E-state index in [1.165, 1.54) is 23.1 Å². The van der Waals surface area contributed by atoms with Crippen LogP contribution in [-0.2, 0) is 15.3 Å². The van der Waals surface area contributed by atoms with E-state index in [2.05, 4.69) is 36.4 Å². The van der Waals surface area contributed by atoms with Gasteiger partial charge in [-0.2, -0.15) is 0 Å². The molecule has 2 aromatic rings. The summed E-state index contributed by atoms with van der Waals surface area (Å²) in [5.74, 6) is 0.850. The first kappa shape index (κ1) is 16.8. The van der Waals surface area contributed by atoms with Crippen molar-refractivity contribution in [1.29, 1.82) is 0 Å². The van der Waals surface area contributed by atoms with Crippen LogP contribution in [0.25, 0.3) is 0 Å². The molecule has 3 rings (SSSR count). The van der Waals surface area contributed by atoms with Gasteiger partial charge in [-0.1, -0.05) is 60.7 Å². The van der Waals surface area contributed by atoms with Crippen LogP contribution in [0.3, 0.4) is 0 Å². The molecule has 1 aliphatic carbocycles. The van der Waals surface area contributed by atoms with Crippen molar-refractivity contribution >= 4 is 17.7 Å². The van der Waals surface area contributed by atoms with Crippen LogP contribution in [0.4, 0.5) is 0 Å². The van der Waals surface area contributed by atoms with Gasteiger partial charge in [-0.05, 0) is 35.3 Å². The van der Waals surface area contributed by atoms with Crippen molar-refractivity contribution in [1.82, 2.24) is 0 Å². The molecule has 0 aromatic heterocycles. The van der Waals surface area contributed by atoms with Gasteiger partial charge >= 0.3 is 5.97 Å². The molecule has 0 saturated carbocycles. The lowest BCUT2D eigenvalue weighted by atomic mass is 9.82. The van der Waals surface area contributed by atoms with Gasteiger partial charge in [0.1, 0.15) is 0 Å². The van der Waals surface area contributed by atoms with Gasteiger partial charge in [0.05, 0.1) is 12.7 Å². The summed E-state index contributed by atoms with van der Waals surface area (Å²) in [4.78, 5) is 13.7. The van der Waals surface area contributed by atoms with Gasteiger partial charge in [-0.25, -0.2) is 4.79 Å². The van der Waals surface area contributed by atoms with E-state index in [0.29, 0.717) is 0 Å². The van der Waals surface area contributed by atoms with Gasteiger partial charge in [0.15, 0.2) is 0 Å². The quantitative estimate of drug-likeness (QED) is 0.691. The first-order chi connectivity index (χ1) is 11.8. The average Bonchev–Trinajstić information content (AvgIpc) is 2.67. The summed E-state index contributed by atoms with van der Waals surface area (Å²) in [6.45, 7) is 0. The molecule has 1 aliphatic rings. The van der Waals surface area contributed by atoms with Crippen molar-refractivity contribution < 1.29 is 9.53 Å². The van der Waals surface area contributed by atoms with Crippen LogP contribution >= 0.6 is 11.8 Å². The lowest BCUT2D eigenvalue weighted by Crippen LogP contribution is -2.18. The van der Waals surface area contributed by atoms with Gasteiger partial charge in [0, 0.05) is 11.7 Å².